The van der Waals surface area contributed by atoms with E-state index in [9.17, 15) is 18.0 Å². The molecule has 1 saturated heterocycles. The van der Waals surface area contributed by atoms with Gasteiger partial charge >= 0.3 is 6.18 Å². The second kappa shape index (κ2) is 10.6. The van der Waals surface area contributed by atoms with Crippen molar-refractivity contribution in [3.8, 4) is 5.69 Å². The van der Waals surface area contributed by atoms with Gasteiger partial charge in [-0.3, -0.25) is 14.3 Å². The first-order valence-electron chi connectivity index (χ1n) is 11.1. The van der Waals surface area contributed by atoms with Crippen molar-refractivity contribution in [1.82, 2.24) is 19.7 Å². The Balaban J connectivity index is 1.59. The monoisotopic (exact) mass is 489 g/mol. The van der Waals surface area contributed by atoms with Crippen LogP contribution in [0.2, 0.25) is 0 Å². The van der Waals surface area contributed by atoms with Crippen molar-refractivity contribution in [1.29, 1.82) is 0 Å². The van der Waals surface area contributed by atoms with Gasteiger partial charge < -0.3 is 5.32 Å². The molecule has 0 unspecified atom stereocenters. The Bertz CT molecular complexity index is 1120. The minimum atomic E-state index is -4.53. The number of hydrogen-bond acceptors (Lipinski definition) is 5. The molecule has 180 valence electrons. The molecule has 4 rings (SSSR count). The van der Waals surface area contributed by atoms with E-state index in [1.165, 1.54) is 16.7 Å². The third kappa shape index (κ3) is 5.98. The van der Waals surface area contributed by atoms with E-state index in [1.54, 1.807) is 18.2 Å². The Morgan fingerprint density at radius 1 is 1.03 bits per heavy atom. The van der Waals surface area contributed by atoms with Gasteiger partial charge in [-0.05, 0) is 57.1 Å². The van der Waals surface area contributed by atoms with Crippen molar-refractivity contribution in [2.24, 2.45) is 0 Å². The molecule has 0 aliphatic carbocycles. The van der Waals surface area contributed by atoms with Crippen LogP contribution in [0.5, 0.6) is 0 Å². The maximum absolute atomic E-state index is 13.8. The van der Waals surface area contributed by atoms with Gasteiger partial charge in [0.2, 0.25) is 5.91 Å². The summed E-state index contributed by atoms with van der Waals surface area (Å²) in [4.78, 5) is 14.7. The van der Waals surface area contributed by atoms with E-state index in [4.69, 9.17) is 0 Å². The number of nitrogens with zero attached hydrogens (tertiary/aromatic N) is 4. The van der Waals surface area contributed by atoms with E-state index in [0.29, 0.717) is 18.1 Å². The van der Waals surface area contributed by atoms with Crippen molar-refractivity contribution < 1.29 is 18.0 Å². The van der Waals surface area contributed by atoms with Crippen molar-refractivity contribution in [2.75, 3.05) is 24.2 Å². The minimum Gasteiger partial charge on any atom is -0.325 e. The number of rotatable bonds is 7. The molecular weight excluding hydrogens is 463 g/mol. The van der Waals surface area contributed by atoms with E-state index in [-0.39, 0.29) is 22.5 Å². The third-order valence-corrected chi connectivity index (χ3v) is 6.56. The molecular formula is C24H26F3N5OS. The zero-order valence-electron chi connectivity index (χ0n) is 18.8. The lowest BCUT2D eigenvalue weighted by atomic mass is 10.1. The predicted octanol–water partition coefficient (Wildman–Crippen LogP) is 5.31. The highest BCUT2D eigenvalue weighted by atomic mass is 32.2. The number of nitrogens with one attached hydrogen (secondary N) is 1. The van der Waals surface area contributed by atoms with Gasteiger partial charge in [-0.1, -0.05) is 48.0 Å². The standard InChI is InChI=1S/C24H26F3N5OS/c1-17-9-11-18(12-10-17)28-22(33)16-34-23-30-29-21(15-31-13-5-2-6-14-31)32(23)20-8-4-3-7-19(20)24(25,26)27/h3-4,7-12H,2,5-6,13-16H2,1H3,(H,28,33). The van der Waals surface area contributed by atoms with Crippen LogP contribution in [0.4, 0.5) is 18.9 Å². The lowest BCUT2D eigenvalue weighted by molar-refractivity contribution is -0.137. The molecule has 1 fully saturated rings. The number of thioether (sulfide) groups is 1. The lowest BCUT2D eigenvalue weighted by Gasteiger charge is -2.26. The Hall–Kier alpha value is -2.85. The predicted molar refractivity (Wildman–Crippen MR) is 126 cm³/mol. The number of alkyl halides is 3. The Morgan fingerprint density at radius 2 is 1.74 bits per heavy atom. The molecule has 0 radical (unpaired) electrons. The molecule has 0 bridgehead atoms. The van der Waals surface area contributed by atoms with E-state index < -0.39 is 11.7 Å². The SMILES string of the molecule is Cc1ccc(NC(=O)CSc2nnc(CN3CCCCC3)n2-c2ccccc2C(F)(F)F)cc1. The topological polar surface area (TPSA) is 63.1 Å². The largest absolute Gasteiger partial charge is 0.418 e. The molecule has 1 aliphatic heterocycles. The number of aryl methyl sites for hydroxylation is 1. The summed E-state index contributed by atoms with van der Waals surface area (Å²) in [7, 11) is 0. The van der Waals surface area contributed by atoms with Crippen molar-refractivity contribution in [2.45, 2.75) is 44.1 Å². The number of aromatic nitrogens is 3. The Morgan fingerprint density at radius 3 is 2.44 bits per heavy atom. The second-order valence-corrected chi connectivity index (χ2v) is 9.23. The molecule has 1 aromatic heterocycles. The molecule has 1 amide bonds. The van der Waals surface area contributed by atoms with Crippen LogP contribution < -0.4 is 5.32 Å². The summed E-state index contributed by atoms with van der Waals surface area (Å²) in [5, 5.41) is 11.5. The number of anilines is 1. The van der Waals surface area contributed by atoms with E-state index in [2.05, 4.69) is 20.4 Å². The van der Waals surface area contributed by atoms with Gasteiger partial charge in [-0.2, -0.15) is 13.2 Å². The fourth-order valence-corrected chi connectivity index (χ4v) is 4.69. The Labute approximate surface area is 200 Å². The molecule has 0 atom stereocenters. The van der Waals surface area contributed by atoms with Crippen LogP contribution in [0, 0.1) is 6.92 Å². The number of amides is 1. The summed E-state index contributed by atoms with van der Waals surface area (Å²) in [6, 6.07) is 12.8. The first-order valence-corrected chi connectivity index (χ1v) is 12.1. The number of para-hydroxylation sites is 1. The second-order valence-electron chi connectivity index (χ2n) is 8.29. The molecule has 2 aromatic carbocycles. The smallest absolute Gasteiger partial charge is 0.325 e. The van der Waals surface area contributed by atoms with Crippen LogP contribution in [0.1, 0.15) is 36.2 Å². The number of halogens is 3. The summed E-state index contributed by atoms with van der Waals surface area (Å²) in [5.41, 5.74) is 0.935. The van der Waals surface area contributed by atoms with Crippen LogP contribution in [0.15, 0.2) is 53.7 Å². The summed E-state index contributed by atoms with van der Waals surface area (Å²) in [6.45, 7) is 4.09. The zero-order chi connectivity index (χ0) is 24.1. The Kier molecular flexibility index (Phi) is 7.57. The molecule has 3 aromatic rings. The van der Waals surface area contributed by atoms with Crippen LogP contribution >= 0.6 is 11.8 Å². The number of hydrogen-bond donors (Lipinski definition) is 1. The van der Waals surface area contributed by atoms with Crippen LogP contribution in [0.3, 0.4) is 0 Å². The van der Waals surface area contributed by atoms with Crippen molar-refractivity contribution >= 4 is 23.4 Å². The van der Waals surface area contributed by atoms with E-state index in [0.717, 1.165) is 55.7 Å². The fourth-order valence-electron chi connectivity index (χ4n) is 3.93. The summed E-state index contributed by atoms with van der Waals surface area (Å²) >= 11 is 1.07. The zero-order valence-corrected chi connectivity index (χ0v) is 19.6. The quantitative estimate of drug-likeness (QED) is 0.456. The molecule has 0 spiro atoms. The number of likely N-dealkylation sites (tertiary alicyclic amines) is 1. The summed E-state index contributed by atoms with van der Waals surface area (Å²) in [5.74, 6) is 0.148. The van der Waals surface area contributed by atoms with Gasteiger partial charge in [0.25, 0.3) is 0 Å². The number of carbonyl (C=O) groups is 1. The molecule has 1 aliphatic rings. The van der Waals surface area contributed by atoms with E-state index in [1.807, 2.05) is 19.1 Å². The van der Waals surface area contributed by atoms with Gasteiger partial charge in [0.05, 0.1) is 23.5 Å². The first-order chi connectivity index (χ1) is 16.3. The number of carbonyl (C=O) groups excluding carboxylic acids is 1. The maximum Gasteiger partial charge on any atom is 0.418 e. The van der Waals surface area contributed by atoms with Gasteiger partial charge in [0.1, 0.15) is 0 Å². The number of benzene rings is 2. The highest BCUT2D eigenvalue weighted by molar-refractivity contribution is 7.99. The summed E-state index contributed by atoms with van der Waals surface area (Å²) < 4.78 is 42.9. The minimum absolute atomic E-state index is 0.0100. The van der Waals surface area contributed by atoms with Crippen LogP contribution in [-0.4, -0.2) is 44.4 Å². The molecule has 34 heavy (non-hydrogen) atoms. The van der Waals surface area contributed by atoms with Crippen molar-refractivity contribution in [3.05, 3.63) is 65.5 Å². The van der Waals surface area contributed by atoms with E-state index >= 15 is 0 Å². The van der Waals surface area contributed by atoms with Gasteiger partial charge in [0, 0.05) is 5.69 Å². The number of piperidine rings is 1. The molecule has 6 nitrogen and oxygen atoms in total. The van der Waals surface area contributed by atoms with Gasteiger partial charge in [-0.15, -0.1) is 10.2 Å². The third-order valence-electron chi connectivity index (χ3n) is 5.63. The first kappa shape index (κ1) is 24.3. The lowest BCUT2D eigenvalue weighted by Crippen LogP contribution is -2.30. The van der Waals surface area contributed by atoms with Crippen LogP contribution in [0.25, 0.3) is 5.69 Å². The van der Waals surface area contributed by atoms with Crippen LogP contribution in [-0.2, 0) is 17.5 Å². The highest BCUT2D eigenvalue weighted by Crippen LogP contribution is 2.36. The summed E-state index contributed by atoms with van der Waals surface area (Å²) in [6.07, 6.45) is -1.28. The van der Waals surface area contributed by atoms with Gasteiger partial charge in [0.15, 0.2) is 11.0 Å². The average molecular weight is 490 g/mol. The highest BCUT2D eigenvalue weighted by Gasteiger charge is 2.35. The maximum atomic E-state index is 13.8. The van der Waals surface area contributed by atoms with Crippen molar-refractivity contribution in [3.63, 3.8) is 0 Å². The van der Waals surface area contributed by atoms with Gasteiger partial charge in [-0.25, -0.2) is 0 Å². The molecule has 0 saturated carbocycles. The normalized spacial score (nSPS) is 14.8. The fraction of sp³-hybridized carbons (Fsp3) is 0.375. The molecule has 1 N–H and O–H groups in total. The average Bonchev–Trinajstić information content (AvgIpc) is 3.21. The molecule has 10 heteroatoms. The molecule has 2 heterocycles.